The molecule has 0 spiro atoms. The largest absolute Gasteiger partial charge is 0.388 e. The molecular formula is C19H26N2O3. The predicted octanol–water partition coefficient (Wildman–Crippen LogP) is 2.66. The fourth-order valence-corrected chi connectivity index (χ4v) is 3.71. The molecule has 0 radical (unpaired) electrons. The van der Waals surface area contributed by atoms with E-state index in [0.29, 0.717) is 25.4 Å². The van der Waals surface area contributed by atoms with Crippen molar-refractivity contribution < 1.29 is 14.6 Å². The Balaban J connectivity index is 1.87. The van der Waals surface area contributed by atoms with E-state index < -0.39 is 5.60 Å². The average Bonchev–Trinajstić information content (AvgIpc) is 3.16. The summed E-state index contributed by atoms with van der Waals surface area (Å²) in [6, 6.07) is 9.92. The lowest BCUT2D eigenvalue weighted by Crippen LogP contribution is -2.42. The summed E-state index contributed by atoms with van der Waals surface area (Å²) in [5, 5.41) is 11.6. The van der Waals surface area contributed by atoms with Crippen LogP contribution in [0.5, 0.6) is 0 Å². The number of methoxy groups -OCH3 is 1. The average molecular weight is 330 g/mol. The molecule has 1 N–H and O–H groups in total. The predicted molar refractivity (Wildman–Crippen MR) is 94.2 cm³/mol. The number of carbonyl (C=O) groups is 1. The highest BCUT2D eigenvalue weighted by molar-refractivity contribution is 5.98. The van der Waals surface area contributed by atoms with Gasteiger partial charge in [-0.15, -0.1) is 0 Å². The zero-order valence-electron chi connectivity index (χ0n) is 14.5. The van der Waals surface area contributed by atoms with Gasteiger partial charge in [-0.2, -0.15) is 0 Å². The molecule has 130 valence electrons. The second kappa shape index (κ2) is 6.95. The normalized spacial score (nSPS) is 16.6. The lowest BCUT2D eigenvalue weighted by Gasteiger charge is -2.29. The number of likely N-dealkylation sites (N-methyl/N-ethyl adjacent to an activating group) is 1. The van der Waals surface area contributed by atoms with Gasteiger partial charge in [0, 0.05) is 38.1 Å². The van der Waals surface area contributed by atoms with E-state index in [1.807, 2.05) is 34.9 Å². The van der Waals surface area contributed by atoms with Crippen LogP contribution >= 0.6 is 0 Å². The van der Waals surface area contributed by atoms with Gasteiger partial charge >= 0.3 is 0 Å². The van der Waals surface area contributed by atoms with Gasteiger partial charge in [-0.3, -0.25) is 4.79 Å². The summed E-state index contributed by atoms with van der Waals surface area (Å²) in [6.07, 6.45) is 3.62. The van der Waals surface area contributed by atoms with Gasteiger partial charge in [0.15, 0.2) is 0 Å². The van der Waals surface area contributed by atoms with E-state index in [2.05, 4.69) is 0 Å². The van der Waals surface area contributed by atoms with Crippen molar-refractivity contribution in [2.75, 3.05) is 27.3 Å². The number of carbonyl (C=O) groups excluding carboxylic acids is 1. The summed E-state index contributed by atoms with van der Waals surface area (Å²) in [6.45, 7) is 1.56. The van der Waals surface area contributed by atoms with Crippen LogP contribution < -0.4 is 0 Å². The van der Waals surface area contributed by atoms with Gasteiger partial charge in [0.05, 0.1) is 12.2 Å². The molecule has 24 heavy (non-hydrogen) atoms. The molecule has 5 nitrogen and oxygen atoms in total. The Hall–Kier alpha value is -1.85. The van der Waals surface area contributed by atoms with Crippen LogP contribution in [0.25, 0.3) is 10.9 Å². The molecule has 1 fully saturated rings. The van der Waals surface area contributed by atoms with Gasteiger partial charge in [0.2, 0.25) is 0 Å². The second-order valence-electron chi connectivity index (χ2n) is 6.83. The van der Waals surface area contributed by atoms with Gasteiger partial charge in [0.25, 0.3) is 5.91 Å². The first-order valence-corrected chi connectivity index (χ1v) is 8.59. The molecule has 0 atom stereocenters. The van der Waals surface area contributed by atoms with E-state index in [9.17, 15) is 9.90 Å². The maximum Gasteiger partial charge on any atom is 0.270 e. The number of benzene rings is 1. The molecule has 1 aromatic heterocycles. The lowest BCUT2D eigenvalue weighted by molar-refractivity contribution is 0.0153. The van der Waals surface area contributed by atoms with Crippen LogP contribution in [0.15, 0.2) is 30.3 Å². The zero-order valence-corrected chi connectivity index (χ0v) is 14.5. The Morgan fingerprint density at radius 3 is 2.75 bits per heavy atom. The number of aromatic nitrogens is 1. The van der Waals surface area contributed by atoms with Crippen LogP contribution in [0, 0.1) is 0 Å². The molecule has 0 saturated heterocycles. The van der Waals surface area contributed by atoms with Crippen LogP contribution in [0.1, 0.15) is 36.2 Å². The number of hydrogen-bond acceptors (Lipinski definition) is 3. The number of ether oxygens (including phenoxy) is 1. The molecule has 1 saturated carbocycles. The lowest BCUT2D eigenvalue weighted by atomic mass is 10.0. The molecule has 1 amide bonds. The van der Waals surface area contributed by atoms with Crippen molar-refractivity contribution in [3.8, 4) is 0 Å². The van der Waals surface area contributed by atoms with Gasteiger partial charge in [0.1, 0.15) is 5.69 Å². The van der Waals surface area contributed by atoms with E-state index in [0.717, 1.165) is 36.6 Å². The first-order chi connectivity index (χ1) is 11.5. The van der Waals surface area contributed by atoms with Crippen molar-refractivity contribution in [1.29, 1.82) is 0 Å². The Labute approximate surface area is 142 Å². The van der Waals surface area contributed by atoms with Crippen molar-refractivity contribution in [1.82, 2.24) is 9.47 Å². The van der Waals surface area contributed by atoms with Crippen molar-refractivity contribution in [2.24, 2.45) is 0 Å². The SMILES string of the molecule is COCCn1c(C(=O)N(C)CC2(O)CCCC2)cc2ccccc21. The number of aliphatic hydroxyl groups is 1. The van der Waals surface area contributed by atoms with E-state index in [1.165, 1.54) is 0 Å². The maximum atomic E-state index is 13.0. The fourth-order valence-electron chi connectivity index (χ4n) is 3.71. The fraction of sp³-hybridized carbons (Fsp3) is 0.526. The van der Waals surface area contributed by atoms with Crippen LogP contribution in [-0.4, -0.2) is 53.4 Å². The molecule has 0 aliphatic heterocycles. The standard InChI is InChI=1S/C19H26N2O3/c1-20(14-19(23)9-5-6-10-19)18(22)17-13-15-7-3-4-8-16(15)21(17)11-12-24-2/h3-4,7-8,13,23H,5-6,9-12,14H2,1-2H3. The topological polar surface area (TPSA) is 54.7 Å². The third-order valence-corrected chi connectivity index (χ3v) is 4.96. The Kier molecular flexibility index (Phi) is 4.92. The van der Waals surface area contributed by atoms with E-state index in [4.69, 9.17) is 4.74 Å². The molecule has 1 aliphatic rings. The molecule has 0 unspecified atom stereocenters. The number of hydrogen-bond donors (Lipinski definition) is 1. The van der Waals surface area contributed by atoms with Crippen LogP contribution in [-0.2, 0) is 11.3 Å². The molecular weight excluding hydrogens is 304 g/mol. The number of rotatable bonds is 6. The highest BCUT2D eigenvalue weighted by Gasteiger charge is 2.34. The number of amides is 1. The van der Waals surface area contributed by atoms with Gasteiger partial charge in [-0.05, 0) is 25.0 Å². The Morgan fingerprint density at radius 1 is 1.33 bits per heavy atom. The summed E-state index contributed by atoms with van der Waals surface area (Å²) < 4.78 is 7.21. The summed E-state index contributed by atoms with van der Waals surface area (Å²) in [4.78, 5) is 14.6. The van der Waals surface area contributed by atoms with Gasteiger partial charge < -0.3 is 19.3 Å². The smallest absolute Gasteiger partial charge is 0.270 e. The van der Waals surface area contributed by atoms with Crippen LogP contribution in [0.4, 0.5) is 0 Å². The highest BCUT2D eigenvalue weighted by atomic mass is 16.5. The van der Waals surface area contributed by atoms with Crippen LogP contribution in [0.2, 0.25) is 0 Å². The molecule has 0 bridgehead atoms. The quantitative estimate of drug-likeness (QED) is 0.886. The van der Waals surface area contributed by atoms with Crippen molar-refractivity contribution in [3.05, 3.63) is 36.0 Å². The minimum absolute atomic E-state index is 0.0531. The highest BCUT2D eigenvalue weighted by Crippen LogP contribution is 2.30. The summed E-state index contributed by atoms with van der Waals surface area (Å²) in [5.41, 5.74) is 0.955. The summed E-state index contributed by atoms with van der Waals surface area (Å²) >= 11 is 0. The van der Waals surface area contributed by atoms with Crippen molar-refractivity contribution >= 4 is 16.8 Å². The number of fused-ring (bicyclic) bond motifs is 1. The van der Waals surface area contributed by atoms with Gasteiger partial charge in [-0.25, -0.2) is 0 Å². The zero-order chi connectivity index (χ0) is 17.2. The molecule has 2 aromatic rings. The minimum atomic E-state index is -0.728. The maximum absolute atomic E-state index is 13.0. The third kappa shape index (κ3) is 3.32. The molecule has 5 heteroatoms. The van der Waals surface area contributed by atoms with Gasteiger partial charge in [-0.1, -0.05) is 31.0 Å². The molecule has 1 aliphatic carbocycles. The van der Waals surface area contributed by atoms with Crippen molar-refractivity contribution in [2.45, 2.75) is 37.8 Å². The molecule has 1 aromatic carbocycles. The Bertz CT molecular complexity index is 716. The van der Waals surface area contributed by atoms with E-state index in [1.54, 1.807) is 19.1 Å². The molecule has 1 heterocycles. The monoisotopic (exact) mass is 330 g/mol. The second-order valence-corrected chi connectivity index (χ2v) is 6.83. The summed E-state index contributed by atoms with van der Waals surface area (Å²) in [7, 11) is 3.44. The molecule has 3 rings (SSSR count). The third-order valence-electron chi connectivity index (χ3n) is 4.96. The number of para-hydroxylation sites is 1. The van der Waals surface area contributed by atoms with Crippen LogP contribution in [0.3, 0.4) is 0 Å². The summed E-state index contributed by atoms with van der Waals surface area (Å²) in [5.74, 6) is -0.0531. The number of nitrogens with zero attached hydrogens (tertiary/aromatic N) is 2. The van der Waals surface area contributed by atoms with Crippen molar-refractivity contribution in [3.63, 3.8) is 0 Å². The first-order valence-electron chi connectivity index (χ1n) is 8.59. The van der Waals surface area contributed by atoms with E-state index >= 15 is 0 Å². The first kappa shape index (κ1) is 17.0. The minimum Gasteiger partial charge on any atom is -0.388 e. The Morgan fingerprint density at radius 2 is 2.04 bits per heavy atom. The van der Waals surface area contributed by atoms with E-state index in [-0.39, 0.29) is 5.91 Å².